The van der Waals surface area contributed by atoms with Gasteiger partial charge in [0.05, 0.1) is 6.20 Å². The van der Waals surface area contributed by atoms with Gasteiger partial charge in [-0.2, -0.15) is 4.98 Å². The van der Waals surface area contributed by atoms with E-state index in [1.807, 2.05) is 18.2 Å². The maximum atomic E-state index is 13.4. The Kier molecular flexibility index (Phi) is 6.30. The highest BCUT2D eigenvalue weighted by molar-refractivity contribution is 6.32. The van der Waals surface area contributed by atoms with E-state index < -0.39 is 0 Å². The zero-order valence-electron chi connectivity index (χ0n) is 16.8. The van der Waals surface area contributed by atoms with Gasteiger partial charge in [0.25, 0.3) is 0 Å². The highest BCUT2D eigenvalue weighted by Gasteiger charge is 2.14. The number of aromatic nitrogens is 2. The summed E-state index contributed by atoms with van der Waals surface area (Å²) < 4.78 is 13.4. The molecule has 0 atom stereocenters. The van der Waals surface area contributed by atoms with E-state index in [1.54, 1.807) is 12.3 Å². The highest BCUT2D eigenvalue weighted by atomic mass is 35.5. The predicted molar refractivity (Wildman–Crippen MR) is 120 cm³/mol. The van der Waals surface area contributed by atoms with Gasteiger partial charge in [-0.25, -0.2) is 9.37 Å². The topological polar surface area (TPSA) is 56.3 Å². The number of anilines is 4. The largest absolute Gasteiger partial charge is 0.369 e. The van der Waals surface area contributed by atoms with Crippen molar-refractivity contribution in [2.24, 2.45) is 0 Å². The lowest BCUT2D eigenvalue weighted by molar-refractivity contribution is 0.313. The standard InChI is InChI=1S/C22H24ClFN6/c1-29-8-10-30(11-9-29)19-7-3-6-18(13-19)27-22-26-15-20(23)21(28-22)25-14-16-4-2-5-17(24)12-16/h2-7,12-13,15H,8-11,14H2,1H3,(H2,25,26,27,28). The van der Waals surface area contributed by atoms with Crippen LogP contribution in [0.15, 0.2) is 54.7 Å². The van der Waals surface area contributed by atoms with Crippen LogP contribution in [-0.4, -0.2) is 48.1 Å². The molecular formula is C22H24ClFN6. The number of hydrogen-bond donors (Lipinski definition) is 2. The summed E-state index contributed by atoms with van der Waals surface area (Å²) >= 11 is 6.24. The van der Waals surface area contributed by atoms with E-state index in [4.69, 9.17) is 11.6 Å². The molecule has 1 fully saturated rings. The average molecular weight is 427 g/mol. The van der Waals surface area contributed by atoms with Gasteiger partial charge < -0.3 is 20.4 Å². The molecule has 1 aromatic heterocycles. The Morgan fingerprint density at radius 1 is 1.07 bits per heavy atom. The van der Waals surface area contributed by atoms with E-state index in [9.17, 15) is 4.39 Å². The summed E-state index contributed by atoms with van der Waals surface area (Å²) in [5.41, 5.74) is 2.88. The number of hydrogen-bond acceptors (Lipinski definition) is 6. The number of halogens is 2. The summed E-state index contributed by atoms with van der Waals surface area (Å²) in [5, 5.41) is 6.80. The lowest BCUT2D eigenvalue weighted by atomic mass is 10.2. The smallest absolute Gasteiger partial charge is 0.229 e. The SMILES string of the molecule is CN1CCN(c2cccc(Nc3ncc(Cl)c(NCc4cccc(F)c4)n3)c2)CC1. The van der Waals surface area contributed by atoms with Gasteiger partial charge in [-0.3, -0.25) is 0 Å². The predicted octanol–water partition coefficient (Wildman–Crippen LogP) is 4.38. The Bertz CT molecular complexity index is 1010. The molecule has 0 spiro atoms. The van der Waals surface area contributed by atoms with E-state index in [1.165, 1.54) is 17.8 Å². The third-order valence-electron chi connectivity index (χ3n) is 5.06. The van der Waals surface area contributed by atoms with Crippen molar-refractivity contribution in [3.63, 3.8) is 0 Å². The Morgan fingerprint density at radius 3 is 2.67 bits per heavy atom. The van der Waals surface area contributed by atoms with Crippen LogP contribution in [0.4, 0.5) is 27.5 Å². The first-order valence-corrected chi connectivity index (χ1v) is 10.3. The fourth-order valence-electron chi connectivity index (χ4n) is 3.36. The number of nitrogens with one attached hydrogen (secondary N) is 2. The normalized spacial score (nSPS) is 14.6. The Morgan fingerprint density at radius 2 is 1.87 bits per heavy atom. The van der Waals surface area contributed by atoms with Gasteiger partial charge in [-0.05, 0) is 42.9 Å². The molecule has 0 aliphatic carbocycles. The molecule has 0 radical (unpaired) electrons. The molecule has 0 saturated carbocycles. The molecule has 30 heavy (non-hydrogen) atoms. The number of rotatable bonds is 6. The van der Waals surface area contributed by atoms with Crippen molar-refractivity contribution in [1.82, 2.24) is 14.9 Å². The summed E-state index contributed by atoms with van der Waals surface area (Å²) in [6.07, 6.45) is 1.55. The molecule has 0 bridgehead atoms. The van der Waals surface area contributed by atoms with Crippen molar-refractivity contribution < 1.29 is 4.39 Å². The Balaban J connectivity index is 1.44. The molecule has 0 unspecified atom stereocenters. The van der Waals surface area contributed by atoms with Crippen molar-refractivity contribution in [2.45, 2.75) is 6.54 Å². The van der Waals surface area contributed by atoms with Crippen LogP contribution in [0.25, 0.3) is 0 Å². The molecule has 0 amide bonds. The third-order valence-corrected chi connectivity index (χ3v) is 5.34. The molecule has 3 aromatic rings. The maximum absolute atomic E-state index is 13.4. The molecular weight excluding hydrogens is 403 g/mol. The lowest BCUT2D eigenvalue weighted by Crippen LogP contribution is -2.44. The summed E-state index contributed by atoms with van der Waals surface area (Å²) in [7, 11) is 2.15. The molecule has 2 N–H and O–H groups in total. The van der Waals surface area contributed by atoms with Crippen molar-refractivity contribution in [1.29, 1.82) is 0 Å². The van der Waals surface area contributed by atoms with Crippen molar-refractivity contribution >= 4 is 34.7 Å². The fraction of sp³-hybridized carbons (Fsp3) is 0.273. The lowest BCUT2D eigenvalue weighted by Gasteiger charge is -2.34. The monoisotopic (exact) mass is 426 g/mol. The van der Waals surface area contributed by atoms with Gasteiger partial charge >= 0.3 is 0 Å². The molecule has 6 nitrogen and oxygen atoms in total. The second-order valence-corrected chi connectivity index (χ2v) is 7.75. The minimum absolute atomic E-state index is 0.273. The fourth-order valence-corrected chi connectivity index (χ4v) is 3.52. The molecule has 1 aliphatic heterocycles. The Hall–Kier alpha value is -2.90. The molecule has 2 aromatic carbocycles. The van der Waals surface area contributed by atoms with Gasteiger partial charge in [-0.1, -0.05) is 29.8 Å². The second-order valence-electron chi connectivity index (χ2n) is 7.34. The summed E-state index contributed by atoms with van der Waals surface area (Å²) in [6, 6.07) is 14.6. The quantitative estimate of drug-likeness (QED) is 0.610. The van der Waals surface area contributed by atoms with Crippen molar-refractivity contribution in [3.05, 3.63) is 71.1 Å². The first-order chi connectivity index (χ1) is 14.6. The van der Waals surface area contributed by atoms with Gasteiger partial charge in [0, 0.05) is 44.1 Å². The molecule has 8 heteroatoms. The van der Waals surface area contributed by atoms with Crippen LogP contribution < -0.4 is 15.5 Å². The number of nitrogens with zero attached hydrogens (tertiary/aromatic N) is 4. The maximum Gasteiger partial charge on any atom is 0.229 e. The van der Waals surface area contributed by atoms with Crippen LogP contribution in [0.1, 0.15) is 5.56 Å². The molecule has 156 valence electrons. The number of benzene rings is 2. The van der Waals surface area contributed by atoms with Crippen molar-refractivity contribution in [3.8, 4) is 0 Å². The van der Waals surface area contributed by atoms with Gasteiger partial charge in [-0.15, -0.1) is 0 Å². The van der Waals surface area contributed by atoms with Crippen LogP contribution >= 0.6 is 11.6 Å². The van der Waals surface area contributed by atoms with Crippen molar-refractivity contribution in [2.75, 3.05) is 48.8 Å². The zero-order valence-corrected chi connectivity index (χ0v) is 17.5. The van der Waals surface area contributed by atoms with Gasteiger partial charge in [0.1, 0.15) is 10.8 Å². The number of piperazine rings is 1. The highest BCUT2D eigenvalue weighted by Crippen LogP contribution is 2.25. The Labute approximate surface area is 180 Å². The summed E-state index contributed by atoms with van der Waals surface area (Å²) in [5.74, 6) is 0.663. The third kappa shape index (κ3) is 5.17. The molecule has 2 heterocycles. The van der Waals surface area contributed by atoms with E-state index in [-0.39, 0.29) is 5.82 Å². The van der Waals surface area contributed by atoms with Crippen LogP contribution in [-0.2, 0) is 6.54 Å². The van der Waals surface area contributed by atoms with E-state index in [0.717, 1.165) is 37.4 Å². The zero-order chi connectivity index (χ0) is 20.9. The average Bonchev–Trinajstić information content (AvgIpc) is 2.75. The minimum Gasteiger partial charge on any atom is -0.369 e. The molecule has 4 rings (SSSR count). The van der Waals surface area contributed by atoms with Gasteiger partial charge in [0.15, 0.2) is 5.82 Å². The van der Waals surface area contributed by atoms with Crippen LogP contribution in [0.5, 0.6) is 0 Å². The van der Waals surface area contributed by atoms with E-state index in [0.29, 0.717) is 23.3 Å². The first-order valence-electron chi connectivity index (χ1n) is 9.88. The van der Waals surface area contributed by atoms with E-state index in [2.05, 4.69) is 49.6 Å². The van der Waals surface area contributed by atoms with Crippen LogP contribution in [0.2, 0.25) is 5.02 Å². The molecule has 1 aliphatic rings. The first kappa shape index (κ1) is 20.4. The summed E-state index contributed by atoms with van der Waals surface area (Å²) in [4.78, 5) is 13.5. The summed E-state index contributed by atoms with van der Waals surface area (Å²) in [6.45, 7) is 4.53. The second kappa shape index (κ2) is 9.28. The van der Waals surface area contributed by atoms with Crippen LogP contribution in [0.3, 0.4) is 0 Å². The molecule has 1 saturated heterocycles. The van der Waals surface area contributed by atoms with Gasteiger partial charge in [0.2, 0.25) is 5.95 Å². The van der Waals surface area contributed by atoms with Crippen LogP contribution in [0, 0.1) is 5.82 Å². The van der Waals surface area contributed by atoms with E-state index >= 15 is 0 Å². The minimum atomic E-state index is -0.273. The number of likely N-dealkylation sites (N-methyl/N-ethyl adjacent to an activating group) is 1.